The third-order valence-electron chi connectivity index (χ3n) is 4.33. The molecular formula is C19H23N3O4. The Morgan fingerprint density at radius 2 is 2.00 bits per heavy atom. The van der Waals surface area contributed by atoms with Crippen LogP contribution in [0.15, 0.2) is 23.0 Å². The SMILES string of the molecule is Cc1nc(C)c(CC(=O)NC(C)c2ccc3c(c2)OCCCO3)c(=O)[nH]1. The first-order chi connectivity index (χ1) is 12.4. The minimum Gasteiger partial charge on any atom is -0.490 e. The third kappa shape index (κ3) is 4.04. The molecule has 138 valence electrons. The van der Waals surface area contributed by atoms with Crippen LogP contribution in [0.1, 0.15) is 42.0 Å². The average molecular weight is 357 g/mol. The van der Waals surface area contributed by atoms with Crippen molar-refractivity contribution >= 4 is 5.91 Å². The number of nitrogens with zero attached hydrogens (tertiary/aromatic N) is 1. The Hall–Kier alpha value is -2.83. The van der Waals surface area contributed by atoms with Crippen molar-refractivity contribution in [3.63, 3.8) is 0 Å². The highest BCUT2D eigenvalue weighted by Crippen LogP contribution is 2.32. The van der Waals surface area contributed by atoms with Crippen LogP contribution < -0.4 is 20.3 Å². The topological polar surface area (TPSA) is 93.3 Å². The minimum absolute atomic E-state index is 0.0106. The molecule has 1 aliphatic heterocycles. The summed E-state index contributed by atoms with van der Waals surface area (Å²) >= 11 is 0. The van der Waals surface area contributed by atoms with E-state index in [1.807, 2.05) is 25.1 Å². The number of H-pyrrole nitrogens is 1. The molecule has 1 aromatic carbocycles. The van der Waals surface area contributed by atoms with Gasteiger partial charge in [0.1, 0.15) is 5.82 Å². The lowest BCUT2D eigenvalue weighted by molar-refractivity contribution is -0.121. The van der Waals surface area contributed by atoms with Gasteiger partial charge in [-0.2, -0.15) is 0 Å². The van der Waals surface area contributed by atoms with Crippen molar-refractivity contribution in [1.29, 1.82) is 0 Å². The van der Waals surface area contributed by atoms with E-state index >= 15 is 0 Å². The Kier molecular flexibility index (Phi) is 5.25. The van der Waals surface area contributed by atoms with Gasteiger partial charge in [0, 0.05) is 17.7 Å². The molecule has 1 aliphatic rings. The number of rotatable bonds is 4. The highest BCUT2D eigenvalue weighted by molar-refractivity contribution is 5.79. The van der Waals surface area contributed by atoms with Crippen molar-refractivity contribution < 1.29 is 14.3 Å². The Morgan fingerprint density at radius 3 is 2.73 bits per heavy atom. The highest BCUT2D eigenvalue weighted by atomic mass is 16.5. The third-order valence-corrected chi connectivity index (χ3v) is 4.33. The fourth-order valence-corrected chi connectivity index (χ4v) is 2.94. The predicted octanol–water partition coefficient (Wildman–Crippen LogP) is 1.97. The number of hydrogen-bond acceptors (Lipinski definition) is 5. The number of aromatic nitrogens is 2. The fraction of sp³-hybridized carbons (Fsp3) is 0.421. The predicted molar refractivity (Wildman–Crippen MR) is 96.6 cm³/mol. The summed E-state index contributed by atoms with van der Waals surface area (Å²) in [6.45, 7) is 6.58. The second-order valence-electron chi connectivity index (χ2n) is 6.44. The number of nitrogens with one attached hydrogen (secondary N) is 2. The summed E-state index contributed by atoms with van der Waals surface area (Å²) in [5.74, 6) is 1.72. The van der Waals surface area contributed by atoms with Crippen LogP contribution in [-0.4, -0.2) is 29.1 Å². The molecular weight excluding hydrogens is 334 g/mol. The number of amides is 1. The molecule has 1 amide bonds. The second kappa shape index (κ2) is 7.59. The van der Waals surface area contributed by atoms with Gasteiger partial charge in [0.15, 0.2) is 11.5 Å². The molecule has 0 bridgehead atoms. The molecule has 26 heavy (non-hydrogen) atoms. The number of aromatic amines is 1. The maximum absolute atomic E-state index is 12.4. The van der Waals surface area contributed by atoms with E-state index in [0.717, 1.165) is 17.7 Å². The van der Waals surface area contributed by atoms with Gasteiger partial charge >= 0.3 is 0 Å². The van der Waals surface area contributed by atoms with E-state index in [0.29, 0.717) is 36.0 Å². The van der Waals surface area contributed by atoms with Crippen molar-refractivity contribution in [1.82, 2.24) is 15.3 Å². The van der Waals surface area contributed by atoms with Gasteiger partial charge in [0.25, 0.3) is 5.56 Å². The lowest BCUT2D eigenvalue weighted by atomic mass is 10.1. The number of carbonyl (C=O) groups is 1. The van der Waals surface area contributed by atoms with Crippen molar-refractivity contribution in [2.45, 2.75) is 39.7 Å². The average Bonchev–Trinajstić information content (AvgIpc) is 2.82. The second-order valence-corrected chi connectivity index (χ2v) is 6.44. The molecule has 2 N–H and O–H groups in total. The van der Waals surface area contributed by atoms with Crippen LogP contribution in [0.2, 0.25) is 0 Å². The summed E-state index contributed by atoms with van der Waals surface area (Å²) < 4.78 is 11.3. The lowest BCUT2D eigenvalue weighted by Gasteiger charge is -2.16. The molecule has 3 rings (SSSR count). The molecule has 2 aromatic rings. The summed E-state index contributed by atoms with van der Waals surface area (Å²) in [5, 5.41) is 2.92. The van der Waals surface area contributed by atoms with Crippen molar-refractivity contribution in [3.8, 4) is 11.5 Å². The molecule has 2 heterocycles. The molecule has 1 aromatic heterocycles. The van der Waals surface area contributed by atoms with Gasteiger partial charge in [-0.25, -0.2) is 4.98 Å². The number of ether oxygens (including phenoxy) is 2. The van der Waals surface area contributed by atoms with Crippen LogP contribution in [0.4, 0.5) is 0 Å². The van der Waals surface area contributed by atoms with Gasteiger partial charge in [-0.15, -0.1) is 0 Å². The molecule has 1 atom stereocenters. The molecule has 0 spiro atoms. The van der Waals surface area contributed by atoms with E-state index < -0.39 is 0 Å². The maximum Gasteiger partial charge on any atom is 0.254 e. The first-order valence-electron chi connectivity index (χ1n) is 8.69. The lowest BCUT2D eigenvalue weighted by Crippen LogP contribution is -2.31. The van der Waals surface area contributed by atoms with Crippen LogP contribution in [0.5, 0.6) is 11.5 Å². The van der Waals surface area contributed by atoms with E-state index in [1.54, 1.807) is 13.8 Å². The summed E-state index contributed by atoms with van der Waals surface area (Å²) in [6, 6.07) is 5.43. The summed E-state index contributed by atoms with van der Waals surface area (Å²) in [7, 11) is 0. The number of hydrogen-bond donors (Lipinski definition) is 2. The van der Waals surface area contributed by atoms with Crippen molar-refractivity contribution in [3.05, 3.63) is 51.2 Å². The van der Waals surface area contributed by atoms with E-state index in [9.17, 15) is 9.59 Å². The van der Waals surface area contributed by atoms with Crippen LogP contribution in [0.3, 0.4) is 0 Å². The minimum atomic E-state index is -0.270. The Labute approximate surface area is 151 Å². The normalized spacial score (nSPS) is 14.4. The van der Waals surface area contributed by atoms with Gasteiger partial charge in [-0.3, -0.25) is 9.59 Å². The van der Waals surface area contributed by atoms with Gasteiger partial charge < -0.3 is 19.8 Å². The fourth-order valence-electron chi connectivity index (χ4n) is 2.94. The molecule has 7 nitrogen and oxygen atoms in total. The van der Waals surface area contributed by atoms with Gasteiger partial charge in [-0.05, 0) is 38.5 Å². The molecule has 0 radical (unpaired) electrons. The Balaban J connectivity index is 1.70. The van der Waals surface area contributed by atoms with Crippen molar-refractivity contribution in [2.75, 3.05) is 13.2 Å². The zero-order chi connectivity index (χ0) is 18.7. The van der Waals surface area contributed by atoms with E-state index in [2.05, 4.69) is 15.3 Å². The largest absolute Gasteiger partial charge is 0.490 e. The quantitative estimate of drug-likeness (QED) is 0.873. The number of aryl methyl sites for hydroxylation is 2. The monoisotopic (exact) mass is 357 g/mol. The van der Waals surface area contributed by atoms with Crippen LogP contribution in [-0.2, 0) is 11.2 Å². The van der Waals surface area contributed by atoms with Gasteiger partial charge in [-0.1, -0.05) is 6.07 Å². The summed E-state index contributed by atoms with van der Waals surface area (Å²) in [4.78, 5) is 31.3. The number of benzene rings is 1. The zero-order valence-corrected chi connectivity index (χ0v) is 15.2. The van der Waals surface area contributed by atoms with Crippen molar-refractivity contribution in [2.24, 2.45) is 0 Å². The first-order valence-corrected chi connectivity index (χ1v) is 8.69. The van der Waals surface area contributed by atoms with E-state index in [1.165, 1.54) is 0 Å². The molecule has 0 aliphatic carbocycles. The van der Waals surface area contributed by atoms with Gasteiger partial charge in [0.05, 0.1) is 25.7 Å². The Morgan fingerprint density at radius 1 is 1.27 bits per heavy atom. The molecule has 0 saturated carbocycles. The van der Waals surface area contributed by atoms with Crippen LogP contribution in [0, 0.1) is 13.8 Å². The smallest absolute Gasteiger partial charge is 0.254 e. The molecule has 1 unspecified atom stereocenters. The number of fused-ring (bicyclic) bond motifs is 1. The highest BCUT2D eigenvalue weighted by Gasteiger charge is 2.17. The molecule has 0 saturated heterocycles. The van der Waals surface area contributed by atoms with Gasteiger partial charge in [0.2, 0.25) is 5.91 Å². The zero-order valence-electron chi connectivity index (χ0n) is 15.2. The standard InChI is InChI=1S/C19H23N3O4/c1-11(14-5-6-16-17(9-14)26-8-4-7-25-16)21-18(23)10-15-12(2)20-13(3)22-19(15)24/h5-6,9,11H,4,7-8,10H2,1-3H3,(H,21,23)(H,20,22,24). The summed E-state index contributed by atoms with van der Waals surface area (Å²) in [6.07, 6.45) is 0.831. The summed E-state index contributed by atoms with van der Waals surface area (Å²) in [5.41, 5.74) is 1.60. The molecule has 7 heteroatoms. The Bertz CT molecular complexity index is 876. The van der Waals surface area contributed by atoms with Crippen LogP contribution in [0.25, 0.3) is 0 Å². The van der Waals surface area contributed by atoms with Crippen LogP contribution >= 0.6 is 0 Å². The number of carbonyl (C=O) groups excluding carboxylic acids is 1. The molecule has 0 fully saturated rings. The maximum atomic E-state index is 12.4. The van der Waals surface area contributed by atoms with E-state index in [-0.39, 0.29) is 23.9 Å². The van der Waals surface area contributed by atoms with E-state index in [4.69, 9.17) is 9.47 Å². The first kappa shape index (κ1) is 18.0.